The number of aromatic nitrogens is 6. The van der Waals surface area contributed by atoms with Gasteiger partial charge in [0.25, 0.3) is 0 Å². The second kappa shape index (κ2) is 15.1. The number of nitrogens with zero attached hydrogens (tertiary/aromatic N) is 6. The van der Waals surface area contributed by atoms with Gasteiger partial charge in [-0.2, -0.15) is 9.97 Å². The van der Waals surface area contributed by atoms with Gasteiger partial charge in [-0.05, 0) is 70.3 Å². The minimum Gasteiger partial charge on any atom is -0.309 e. The minimum atomic E-state index is -0.0285. The topological polar surface area (TPSA) is 53.5 Å². The molecule has 4 heterocycles. The third-order valence-electron chi connectivity index (χ3n) is 14.6. The Hall–Kier alpha value is -9.39. The van der Waals surface area contributed by atoms with Crippen LogP contribution in [0.4, 0.5) is 0 Å². The number of rotatable bonds is 6. The summed E-state index contributed by atoms with van der Waals surface area (Å²) in [5.74, 6) is 1.77. The molecule has 10 aromatic carbocycles. The molecule has 1 aliphatic carbocycles. The lowest BCUT2D eigenvalue weighted by Crippen LogP contribution is -2.07. The smallest absolute Gasteiger partial charge is 0.238 e. The minimum absolute atomic E-state index is 0.0285. The first-order valence-corrected chi connectivity index (χ1v) is 23.9. The van der Waals surface area contributed by atoms with Crippen molar-refractivity contribution in [3.05, 3.63) is 253 Å². The van der Waals surface area contributed by atoms with Crippen LogP contribution in [0.5, 0.6) is 0 Å². The molecule has 0 bridgehead atoms. The molecule has 6 heteroatoms. The fourth-order valence-corrected chi connectivity index (χ4v) is 11.7. The Morgan fingerprint density at radius 1 is 0.314 bits per heavy atom. The highest BCUT2D eigenvalue weighted by molar-refractivity contribution is 6.24. The van der Waals surface area contributed by atoms with E-state index in [9.17, 15) is 0 Å². The molecule has 15 rings (SSSR count). The van der Waals surface area contributed by atoms with Gasteiger partial charge in [0.2, 0.25) is 5.95 Å². The summed E-state index contributed by atoms with van der Waals surface area (Å²) in [6.07, 6.45) is 0. The zero-order valence-corrected chi connectivity index (χ0v) is 37.8. The van der Waals surface area contributed by atoms with Gasteiger partial charge >= 0.3 is 0 Å². The zero-order chi connectivity index (χ0) is 45.9. The van der Waals surface area contributed by atoms with Crippen molar-refractivity contribution < 1.29 is 0 Å². The van der Waals surface area contributed by atoms with Gasteiger partial charge in [0, 0.05) is 60.7 Å². The first-order valence-electron chi connectivity index (χ1n) is 23.9. The summed E-state index contributed by atoms with van der Waals surface area (Å²) < 4.78 is 7.24. The Labute approximate surface area is 402 Å². The van der Waals surface area contributed by atoms with Crippen LogP contribution in [0.1, 0.15) is 22.6 Å². The molecule has 14 aromatic rings. The zero-order valence-electron chi connectivity index (χ0n) is 37.8. The van der Waals surface area contributed by atoms with Crippen LogP contribution in [0.25, 0.3) is 117 Å². The lowest BCUT2D eigenvalue weighted by atomic mass is 9.88. The molecule has 0 radical (unpaired) electrons. The van der Waals surface area contributed by atoms with Crippen molar-refractivity contribution >= 4 is 65.4 Å². The van der Waals surface area contributed by atoms with E-state index in [0.29, 0.717) is 17.6 Å². The second-order valence-corrected chi connectivity index (χ2v) is 18.3. The number of benzene rings is 10. The highest BCUT2D eigenvalue weighted by atomic mass is 15.2. The Bertz CT molecular complexity index is 4350. The molecule has 1 aliphatic rings. The average molecular weight is 893 g/mol. The van der Waals surface area contributed by atoms with Crippen molar-refractivity contribution in [2.75, 3.05) is 0 Å². The van der Waals surface area contributed by atoms with Crippen molar-refractivity contribution in [3.8, 4) is 51.2 Å². The fraction of sp³-hybridized carbons (Fsp3) is 0.0156. The summed E-state index contributed by atoms with van der Waals surface area (Å²) in [6, 6.07) is 85.2. The monoisotopic (exact) mass is 892 g/mol. The van der Waals surface area contributed by atoms with Crippen LogP contribution in [-0.4, -0.2) is 28.7 Å². The first-order chi connectivity index (χ1) is 34.8. The molecule has 6 nitrogen and oxygen atoms in total. The molecule has 0 amide bonds. The summed E-state index contributed by atoms with van der Waals surface area (Å²) in [5.41, 5.74) is 17.3. The second-order valence-electron chi connectivity index (χ2n) is 18.3. The van der Waals surface area contributed by atoms with E-state index in [1.807, 2.05) is 36.4 Å². The van der Waals surface area contributed by atoms with E-state index in [1.54, 1.807) is 0 Å². The van der Waals surface area contributed by atoms with Crippen molar-refractivity contribution in [1.82, 2.24) is 28.7 Å². The average Bonchev–Trinajstić information content (AvgIpc) is 4.17. The molecule has 0 saturated heterocycles. The molecule has 326 valence electrons. The lowest BCUT2D eigenvalue weighted by Gasteiger charge is -2.19. The summed E-state index contributed by atoms with van der Waals surface area (Å²) >= 11 is 0. The van der Waals surface area contributed by atoms with E-state index in [2.05, 4.69) is 214 Å². The Morgan fingerprint density at radius 3 is 1.41 bits per heavy atom. The molecular formula is C64H40N6. The van der Waals surface area contributed by atoms with Crippen LogP contribution < -0.4 is 0 Å². The standard InChI is InChI=1S/C64H40N6/c1-4-19-40(20-5-1)62-65-63(41-21-6-2-7-22-41)67-64(66-62)70-56-34-17-14-30-48(56)53-38-37-52-47-29-13-16-33-55(47)69(60(52)61(53)70)44-26-18-23-42(39-44)57-49-31-11-10-27-45(49)50-35-36-51-46-28-12-15-32-54(46)68(59(51)58(50)57)43-24-8-3-9-25-43/h1-39,57H. The largest absolute Gasteiger partial charge is 0.309 e. The summed E-state index contributed by atoms with van der Waals surface area (Å²) in [6.45, 7) is 0. The van der Waals surface area contributed by atoms with Crippen LogP contribution in [-0.2, 0) is 0 Å². The molecule has 1 unspecified atom stereocenters. The molecular weight excluding hydrogens is 853 g/mol. The Kier molecular flexibility index (Phi) is 8.32. The first kappa shape index (κ1) is 38.7. The van der Waals surface area contributed by atoms with Gasteiger partial charge < -0.3 is 9.13 Å². The van der Waals surface area contributed by atoms with Crippen LogP contribution in [0.3, 0.4) is 0 Å². The van der Waals surface area contributed by atoms with Gasteiger partial charge in [-0.1, -0.05) is 194 Å². The number of para-hydroxylation sites is 4. The van der Waals surface area contributed by atoms with Crippen molar-refractivity contribution in [1.29, 1.82) is 0 Å². The van der Waals surface area contributed by atoms with Crippen LogP contribution in [0.2, 0.25) is 0 Å². The van der Waals surface area contributed by atoms with E-state index >= 15 is 0 Å². The molecule has 4 aromatic heterocycles. The maximum absolute atomic E-state index is 5.34. The van der Waals surface area contributed by atoms with Gasteiger partial charge in [0.15, 0.2) is 11.6 Å². The fourth-order valence-electron chi connectivity index (χ4n) is 11.7. The SMILES string of the molecule is c1ccc(-c2nc(-c3ccccc3)nc(-n3c4ccccc4c4ccc5c6ccccc6n(-c6cccc(C7c8ccccc8-c8ccc9c%10ccccc%10n(-c%10ccccc%10)c9c87)c6)c5c43)n2)cc1. The summed E-state index contributed by atoms with van der Waals surface area (Å²) in [4.78, 5) is 15.8. The van der Waals surface area contributed by atoms with Crippen LogP contribution in [0, 0.1) is 0 Å². The summed E-state index contributed by atoms with van der Waals surface area (Å²) in [5, 5.41) is 7.10. The quantitative estimate of drug-likeness (QED) is 0.167. The molecule has 0 fully saturated rings. The summed E-state index contributed by atoms with van der Waals surface area (Å²) in [7, 11) is 0. The van der Waals surface area contributed by atoms with Crippen molar-refractivity contribution in [2.24, 2.45) is 0 Å². The van der Waals surface area contributed by atoms with Gasteiger partial charge in [-0.25, -0.2) is 4.98 Å². The van der Waals surface area contributed by atoms with Crippen LogP contribution >= 0.6 is 0 Å². The third kappa shape index (κ3) is 5.59. The molecule has 0 N–H and O–H groups in total. The van der Waals surface area contributed by atoms with E-state index in [0.717, 1.165) is 60.7 Å². The normalized spacial score (nSPS) is 13.3. The van der Waals surface area contributed by atoms with Gasteiger partial charge in [0.1, 0.15) is 0 Å². The molecule has 0 spiro atoms. The molecule has 0 saturated carbocycles. The van der Waals surface area contributed by atoms with Crippen LogP contribution in [0.15, 0.2) is 237 Å². The Balaban J connectivity index is 1.02. The number of fused-ring (bicyclic) bond motifs is 14. The lowest BCUT2D eigenvalue weighted by molar-refractivity contribution is 0.953. The third-order valence-corrected chi connectivity index (χ3v) is 14.6. The van der Waals surface area contributed by atoms with Gasteiger partial charge in [-0.15, -0.1) is 0 Å². The van der Waals surface area contributed by atoms with Gasteiger partial charge in [0.05, 0.1) is 33.1 Å². The van der Waals surface area contributed by atoms with E-state index < -0.39 is 0 Å². The van der Waals surface area contributed by atoms with E-state index in [1.165, 1.54) is 55.0 Å². The predicted molar refractivity (Wildman–Crippen MR) is 287 cm³/mol. The predicted octanol–water partition coefficient (Wildman–Crippen LogP) is 15.7. The molecule has 0 aliphatic heterocycles. The van der Waals surface area contributed by atoms with Crippen molar-refractivity contribution in [2.45, 2.75) is 5.92 Å². The number of hydrogen-bond acceptors (Lipinski definition) is 3. The maximum atomic E-state index is 5.34. The van der Waals surface area contributed by atoms with E-state index in [-0.39, 0.29) is 5.92 Å². The van der Waals surface area contributed by atoms with E-state index in [4.69, 9.17) is 15.0 Å². The molecule has 70 heavy (non-hydrogen) atoms. The molecule has 1 atom stereocenters. The van der Waals surface area contributed by atoms with Crippen molar-refractivity contribution in [3.63, 3.8) is 0 Å². The highest BCUT2D eigenvalue weighted by Gasteiger charge is 2.34. The Morgan fingerprint density at radius 2 is 0.786 bits per heavy atom. The van der Waals surface area contributed by atoms with Gasteiger partial charge in [-0.3, -0.25) is 4.57 Å². The maximum Gasteiger partial charge on any atom is 0.238 e. The highest BCUT2D eigenvalue weighted by Crippen LogP contribution is 2.53. The number of hydrogen-bond donors (Lipinski definition) is 0.